The van der Waals surface area contributed by atoms with Crippen molar-refractivity contribution in [3.05, 3.63) is 24.3 Å². The van der Waals surface area contributed by atoms with E-state index >= 15 is 0 Å². The summed E-state index contributed by atoms with van der Waals surface area (Å²) in [6.45, 7) is 0. The summed E-state index contributed by atoms with van der Waals surface area (Å²) in [7, 11) is 2.35. The van der Waals surface area contributed by atoms with E-state index in [1.807, 2.05) is 0 Å². The van der Waals surface area contributed by atoms with Crippen LogP contribution in [0, 0.1) is 0 Å². The number of ether oxygens (including phenoxy) is 2. The summed E-state index contributed by atoms with van der Waals surface area (Å²) in [5.41, 5.74) is 0. The minimum Gasteiger partial charge on any atom is -0.478 e. The summed E-state index contributed by atoms with van der Waals surface area (Å²) in [6.07, 6.45) is 3.10. The van der Waals surface area contributed by atoms with Gasteiger partial charge in [-0.05, 0) is 0 Å². The predicted molar refractivity (Wildman–Crippen MR) is 57.6 cm³/mol. The minimum atomic E-state index is -1.17. The second-order valence-corrected chi connectivity index (χ2v) is 2.39. The van der Waals surface area contributed by atoms with Gasteiger partial charge in [0, 0.05) is 43.8 Å². The first-order valence-corrected chi connectivity index (χ1v) is 4.31. The van der Waals surface area contributed by atoms with Crippen LogP contribution >= 0.6 is 0 Å². The molecule has 0 aliphatic rings. The second kappa shape index (κ2) is 14.0. The predicted octanol–water partition coefficient (Wildman–Crippen LogP) is -0.402. The summed E-state index contributed by atoms with van der Waals surface area (Å²) in [6, 6.07) is 0. The Morgan fingerprint density at radius 3 is 1.16 bits per heavy atom. The third kappa shape index (κ3) is 21.8. The molecule has 0 aliphatic heterocycles. The van der Waals surface area contributed by atoms with E-state index in [4.69, 9.17) is 10.2 Å². The molecule has 0 spiro atoms. The van der Waals surface area contributed by atoms with Gasteiger partial charge < -0.3 is 19.7 Å². The van der Waals surface area contributed by atoms with Crippen molar-refractivity contribution in [2.75, 3.05) is 14.2 Å². The number of hydrogen-bond donors (Lipinski definition) is 2. The van der Waals surface area contributed by atoms with Gasteiger partial charge >= 0.3 is 23.9 Å². The maximum atomic E-state index is 10.1. The molecule has 0 rings (SSSR count). The minimum absolute atomic E-state index is 0. The molecule has 0 unspecified atom stereocenters. The number of carboxylic acid groups (broad SMARTS) is 2. The molecule has 0 aromatic rings. The molecule has 0 heterocycles. The fourth-order valence-corrected chi connectivity index (χ4v) is 0.415. The van der Waals surface area contributed by atoms with Crippen molar-refractivity contribution < 1.29 is 58.3 Å². The van der Waals surface area contributed by atoms with Crippen LogP contribution in [0.1, 0.15) is 0 Å². The normalized spacial score (nSPS) is 8.95. The Morgan fingerprint density at radius 1 is 0.737 bits per heavy atom. The zero-order chi connectivity index (χ0) is 14.6. The van der Waals surface area contributed by atoms with E-state index in [-0.39, 0.29) is 19.5 Å². The molecular weight excluding hydrogens is 313 g/mol. The van der Waals surface area contributed by atoms with Gasteiger partial charge in [-0.25, -0.2) is 19.2 Å². The van der Waals surface area contributed by atoms with Gasteiger partial charge in [-0.15, -0.1) is 0 Å². The number of methoxy groups -OCH3 is 2. The average molecular weight is 326 g/mol. The molecule has 0 aromatic heterocycles. The van der Waals surface area contributed by atoms with Crippen LogP contribution in [0.3, 0.4) is 0 Å². The molecule has 102 valence electrons. The molecule has 0 atom stereocenters. The van der Waals surface area contributed by atoms with Crippen molar-refractivity contribution in [3.63, 3.8) is 0 Å². The fraction of sp³-hybridized carbons (Fsp3) is 0.200. The van der Waals surface area contributed by atoms with Crippen molar-refractivity contribution in [2.24, 2.45) is 0 Å². The molecule has 9 heteroatoms. The van der Waals surface area contributed by atoms with E-state index in [1.54, 1.807) is 0 Å². The van der Waals surface area contributed by atoms with Crippen LogP contribution in [0.25, 0.3) is 0 Å². The number of carboxylic acids is 2. The van der Waals surface area contributed by atoms with E-state index in [9.17, 15) is 19.2 Å². The van der Waals surface area contributed by atoms with E-state index < -0.39 is 23.9 Å². The smallest absolute Gasteiger partial charge is 0.330 e. The molecule has 0 radical (unpaired) electrons. The van der Waals surface area contributed by atoms with Gasteiger partial charge in [0.15, 0.2) is 0 Å². The van der Waals surface area contributed by atoms with E-state index in [1.165, 1.54) is 14.2 Å². The molecular formula is C10H12O8Zn. The largest absolute Gasteiger partial charge is 0.478 e. The number of carbonyl (C=O) groups excluding carboxylic acids is 2. The quantitative estimate of drug-likeness (QED) is 0.406. The second-order valence-electron chi connectivity index (χ2n) is 2.39. The summed E-state index contributed by atoms with van der Waals surface area (Å²) in [5.74, 6) is -3.67. The van der Waals surface area contributed by atoms with Crippen molar-refractivity contribution >= 4 is 23.9 Å². The number of esters is 2. The van der Waals surface area contributed by atoms with Crippen molar-refractivity contribution in [1.29, 1.82) is 0 Å². The van der Waals surface area contributed by atoms with Crippen LogP contribution in [0.5, 0.6) is 0 Å². The number of hydrogen-bond acceptors (Lipinski definition) is 6. The Bertz CT molecular complexity index is 336. The van der Waals surface area contributed by atoms with Gasteiger partial charge in [0.25, 0.3) is 0 Å². The molecule has 0 saturated carbocycles. The summed E-state index contributed by atoms with van der Waals surface area (Å²) >= 11 is 0. The first kappa shape index (κ1) is 22.2. The van der Waals surface area contributed by atoms with Gasteiger partial charge in [-0.1, -0.05) is 0 Å². The molecule has 2 N–H and O–H groups in total. The monoisotopic (exact) mass is 324 g/mol. The summed E-state index contributed by atoms with van der Waals surface area (Å²) in [5, 5.41) is 15.9. The van der Waals surface area contributed by atoms with Crippen LogP contribution in [0.4, 0.5) is 0 Å². The molecule has 8 nitrogen and oxygen atoms in total. The summed E-state index contributed by atoms with van der Waals surface area (Å²) in [4.78, 5) is 39.7. The van der Waals surface area contributed by atoms with E-state index in [0.717, 1.165) is 12.2 Å². The molecule has 0 fully saturated rings. The molecule has 0 amide bonds. The van der Waals surface area contributed by atoms with Crippen molar-refractivity contribution in [1.82, 2.24) is 0 Å². The van der Waals surface area contributed by atoms with Crippen LogP contribution in [-0.4, -0.2) is 48.3 Å². The van der Waals surface area contributed by atoms with Gasteiger partial charge in [0.1, 0.15) is 0 Å². The van der Waals surface area contributed by atoms with Crippen molar-refractivity contribution in [3.8, 4) is 0 Å². The van der Waals surface area contributed by atoms with Gasteiger partial charge in [0.05, 0.1) is 14.2 Å². The van der Waals surface area contributed by atoms with Crippen LogP contribution in [0.15, 0.2) is 24.3 Å². The number of carbonyl (C=O) groups is 4. The molecule has 19 heavy (non-hydrogen) atoms. The third-order valence-electron chi connectivity index (χ3n) is 1.13. The van der Waals surface area contributed by atoms with E-state index in [2.05, 4.69) is 9.47 Å². The Kier molecular flexibility index (Phi) is 16.4. The zero-order valence-electron chi connectivity index (χ0n) is 10.4. The zero-order valence-corrected chi connectivity index (χ0v) is 13.3. The summed E-state index contributed by atoms with van der Waals surface area (Å²) < 4.78 is 8.22. The maximum absolute atomic E-state index is 10.1. The molecule has 0 bridgehead atoms. The number of aliphatic carboxylic acids is 2. The number of rotatable bonds is 4. The van der Waals surface area contributed by atoms with Gasteiger partial charge in [-0.3, -0.25) is 0 Å². The molecule has 0 aliphatic carbocycles. The average Bonchev–Trinajstić information content (AvgIpc) is 2.33. The Morgan fingerprint density at radius 2 is 1.00 bits per heavy atom. The SMILES string of the molecule is COC(=O)/C=C\C(=O)O.COC(=O)/C=C\C(=O)O.[Zn]. The Hall–Kier alpha value is -2.02. The molecule has 0 saturated heterocycles. The first-order chi connectivity index (χ1) is 8.33. The standard InChI is InChI=1S/2C5H6O4.Zn/c2*1-9-5(8)3-2-4(6)7;/h2*2-3H,1H3,(H,6,7);/b2*3-2-;. The van der Waals surface area contributed by atoms with Crippen LogP contribution < -0.4 is 0 Å². The van der Waals surface area contributed by atoms with Crippen molar-refractivity contribution in [2.45, 2.75) is 0 Å². The van der Waals surface area contributed by atoms with E-state index in [0.29, 0.717) is 12.2 Å². The topological polar surface area (TPSA) is 127 Å². The Balaban J connectivity index is -0.000000256. The fourth-order valence-electron chi connectivity index (χ4n) is 0.415. The van der Waals surface area contributed by atoms with Gasteiger partial charge in [-0.2, -0.15) is 0 Å². The van der Waals surface area contributed by atoms with Gasteiger partial charge in [0.2, 0.25) is 0 Å². The molecule has 0 aromatic carbocycles. The first-order valence-electron chi connectivity index (χ1n) is 4.31. The third-order valence-corrected chi connectivity index (χ3v) is 1.13. The van der Waals surface area contributed by atoms with Crippen LogP contribution in [0.2, 0.25) is 0 Å². The maximum Gasteiger partial charge on any atom is 0.330 e. The Labute approximate surface area is 121 Å². The van der Waals surface area contributed by atoms with Crippen LogP contribution in [-0.2, 0) is 48.1 Å².